The Bertz CT molecular complexity index is 290. The predicted octanol–water partition coefficient (Wildman–Crippen LogP) is 3.47. The first-order valence-corrected chi connectivity index (χ1v) is 4.59. The van der Waals surface area contributed by atoms with Crippen molar-refractivity contribution in [3.63, 3.8) is 0 Å². The molecule has 1 rings (SSSR count). The number of rotatable bonds is 3. The van der Waals surface area contributed by atoms with Crippen LogP contribution in [0.2, 0.25) is 0 Å². The second kappa shape index (κ2) is 4.22. The summed E-state index contributed by atoms with van der Waals surface area (Å²) in [6, 6.07) is 9.63. The van der Waals surface area contributed by atoms with Gasteiger partial charge < -0.3 is 4.84 Å². The van der Waals surface area contributed by atoms with Crippen molar-refractivity contribution in [2.75, 3.05) is 0 Å². The summed E-state index contributed by atoms with van der Waals surface area (Å²) in [7, 11) is 0. The number of hydrogen-bond acceptors (Lipinski definition) is 3. The van der Waals surface area contributed by atoms with Gasteiger partial charge in [-0.3, -0.25) is 0 Å². The predicted molar refractivity (Wildman–Crippen MR) is 55.5 cm³/mol. The fourth-order valence-electron chi connectivity index (χ4n) is 1.39. The highest BCUT2D eigenvalue weighted by Crippen LogP contribution is 2.35. The van der Waals surface area contributed by atoms with E-state index in [0.29, 0.717) is 0 Å². The topological polar surface area (TPSA) is 38.7 Å². The van der Waals surface area contributed by atoms with Crippen LogP contribution >= 0.6 is 0 Å². The van der Waals surface area contributed by atoms with Crippen LogP contribution in [0.5, 0.6) is 0 Å². The van der Waals surface area contributed by atoms with Gasteiger partial charge in [-0.25, -0.2) is 0 Å². The zero-order valence-electron chi connectivity index (χ0n) is 8.73. The average Bonchev–Trinajstić information content (AvgIpc) is 2.14. The number of nitrogens with zero attached hydrogens (tertiary/aromatic N) is 1. The van der Waals surface area contributed by atoms with Crippen LogP contribution in [0.4, 0.5) is 0 Å². The molecule has 0 aliphatic heterocycles. The molecule has 1 aromatic rings. The van der Waals surface area contributed by atoms with Crippen LogP contribution in [-0.4, -0.2) is 0 Å². The third kappa shape index (κ3) is 2.55. The van der Waals surface area contributed by atoms with Crippen molar-refractivity contribution < 1.29 is 4.84 Å². The lowest BCUT2D eigenvalue weighted by molar-refractivity contribution is -0.0198. The van der Waals surface area contributed by atoms with Gasteiger partial charge in [-0.2, -0.15) is 0 Å². The Morgan fingerprint density at radius 1 is 1.21 bits per heavy atom. The molecule has 0 radical (unpaired) electrons. The number of benzene rings is 1. The summed E-state index contributed by atoms with van der Waals surface area (Å²) >= 11 is 0. The van der Waals surface area contributed by atoms with Crippen molar-refractivity contribution in [1.82, 2.24) is 0 Å². The minimum atomic E-state index is -0.291. The van der Waals surface area contributed by atoms with Crippen molar-refractivity contribution in [1.29, 1.82) is 0 Å². The molecule has 0 fully saturated rings. The van der Waals surface area contributed by atoms with E-state index in [1.54, 1.807) is 0 Å². The Labute approximate surface area is 84.0 Å². The minimum absolute atomic E-state index is 0.144. The fourth-order valence-corrected chi connectivity index (χ4v) is 1.39. The summed E-state index contributed by atoms with van der Waals surface area (Å²) in [5, 5.41) is 2.53. The lowest BCUT2D eigenvalue weighted by atomic mass is 9.85. The van der Waals surface area contributed by atoms with E-state index in [-0.39, 0.29) is 11.5 Å². The summed E-state index contributed by atoms with van der Waals surface area (Å²) in [6.07, 6.45) is -0.291. The van der Waals surface area contributed by atoms with Crippen LogP contribution in [0.1, 0.15) is 32.4 Å². The van der Waals surface area contributed by atoms with Gasteiger partial charge in [0, 0.05) is 5.41 Å². The maximum Gasteiger partial charge on any atom is 0.160 e. The standard InChI is InChI=1S/C11H15NO2/c1-11(2,3)10(14-12-13)9-7-5-4-6-8-9/h4-8,10H,1-3H3. The first kappa shape index (κ1) is 10.7. The van der Waals surface area contributed by atoms with Crippen LogP contribution in [0.25, 0.3) is 0 Å². The Kier molecular flexibility index (Phi) is 3.23. The molecule has 76 valence electrons. The molecule has 1 unspecified atom stereocenters. The minimum Gasteiger partial charge on any atom is -0.355 e. The molecule has 0 N–H and O–H groups in total. The quantitative estimate of drug-likeness (QED) is 0.544. The van der Waals surface area contributed by atoms with Gasteiger partial charge in [0.25, 0.3) is 0 Å². The zero-order valence-corrected chi connectivity index (χ0v) is 8.73. The highest BCUT2D eigenvalue weighted by molar-refractivity contribution is 5.19. The molecule has 0 aliphatic rings. The molecule has 0 heterocycles. The Morgan fingerprint density at radius 3 is 2.21 bits per heavy atom. The van der Waals surface area contributed by atoms with E-state index in [9.17, 15) is 4.91 Å². The Morgan fingerprint density at radius 2 is 1.79 bits per heavy atom. The summed E-state index contributed by atoms with van der Waals surface area (Å²) in [4.78, 5) is 15.0. The third-order valence-corrected chi connectivity index (χ3v) is 2.04. The van der Waals surface area contributed by atoms with E-state index < -0.39 is 0 Å². The molecule has 0 saturated carbocycles. The van der Waals surface area contributed by atoms with E-state index in [1.807, 2.05) is 51.1 Å². The van der Waals surface area contributed by atoms with E-state index in [4.69, 9.17) is 4.84 Å². The molecular weight excluding hydrogens is 178 g/mol. The molecule has 3 heteroatoms. The van der Waals surface area contributed by atoms with Crippen LogP contribution in [0.3, 0.4) is 0 Å². The van der Waals surface area contributed by atoms with Gasteiger partial charge in [0.15, 0.2) is 11.4 Å². The van der Waals surface area contributed by atoms with E-state index in [0.717, 1.165) is 5.56 Å². The Hall–Kier alpha value is -1.38. The second-order valence-corrected chi connectivity index (χ2v) is 4.34. The normalized spacial score (nSPS) is 13.4. The molecule has 1 aromatic carbocycles. The lowest BCUT2D eigenvalue weighted by Gasteiger charge is -2.27. The van der Waals surface area contributed by atoms with Gasteiger partial charge in [0.1, 0.15) is 0 Å². The van der Waals surface area contributed by atoms with Gasteiger partial charge in [0.05, 0.1) is 0 Å². The highest BCUT2D eigenvalue weighted by atomic mass is 16.7. The van der Waals surface area contributed by atoms with Crippen molar-refractivity contribution in [3.8, 4) is 0 Å². The molecule has 0 amide bonds. The van der Waals surface area contributed by atoms with Crippen molar-refractivity contribution in [2.45, 2.75) is 26.9 Å². The zero-order chi connectivity index (χ0) is 10.6. The lowest BCUT2D eigenvalue weighted by Crippen LogP contribution is -2.19. The van der Waals surface area contributed by atoms with Gasteiger partial charge in [0.2, 0.25) is 0 Å². The number of hydrogen-bond donors (Lipinski definition) is 0. The van der Waals surface area contributed by atoms with Crippen molar-refractivity contribution in [3.05, 3.63) is 40.8 Å². The molecule has 0 spiro atoms. The van der Waals surface area contributed by atoms with Gasteiger partial charge in [-0.1, -0.05) is 51.1 Å². The van der Waals surface area contributed by atoms with Crippen LogP contribution in [-0.2, 0) is 4.84 Å². The molecule has 0 aliphatic carbocycles. The molecule has 1 atom stereocenters. The molecule has 3 nitrogen and oxygen atoms in total. The third-order valence-electron chi connectivity index (χ3n) is 2.04. The van der Waals surface area contributed by atoms with E-state index in [1.165, 1.54) is 0 Å². The van der Waals surface area contributed by atoms with Crippen LogP contribution in [0, 0.1) is 10.3 Å². The molecule has 0 aromatic heterocycles. The molecule has 14 heavy (non-hydrogen) atoms. The summed E-state index contributed by atoms with van der Waals surface area (Å²) in [5.74, 6) is 0. The first-order chi connectivity index (χ1) is 6.55. The monoisotopic (exact) mass is 193 g/mol. The van der Waals surface area contributed by atoms with Gasteiger partial charge >= 0.3 is 0 Å². The summed E-state index contributed by atoms with van der Waals surface area (Å²) in [5.41, 5.74) is 0.828. The Balaban J connectivity index is 2.95. The molecule has 0 saturated heterocycles. The SMILES string of the molecule is CC(C)(C)C(ON=O)c1ccccc1. The summed E-state index contributed by atoms with van der Waals surface area (Å²) < 4.78 is 0. The molecule has 0 bridgehead atoms. The highest BCUT2D eigenvalue weighted by Gasteiger charge is 2.28. The second-order valence-electron chi connectivity index (χ2n) is 4.34. The maximum absolute atomic E-state index is 10.2. The van der Waals surface area contributed by atoms with Gasteiger partial charge in [-0.15, -0.1) is 4.91 Å². The van der Waals surface area contributed by atoms with Crippen LogP contribution in [0.15, 0.2) is 35.7 Å². The maximum atomic E-state index is 10.2. The van der Waals surface area contributed by atoms with Gasteiger partial charge in [-0.05, 0) is 5.56 Å². The van der Waals surface area contributed by atoms with Crippen molar-refractivity contribution in [2.24, 2.45) is 10.8 Å². The largest absolute Gasteiger partial charge is 0.355 e. The molecular formula is C11H15NO2. The smallest absolute Gasteiger partial charge is 0.160 e. The fraction of sp³-hybridized carbons (Fsp3) is 0.455. The first-order valence-electron chi connectivity index (χ1n) is 4.59. The summed E-state index contributed by atoms with van der Waals surface area (Å²) in [6.45, 7) is 6.03. The van der Waals surface area contributed by atoms with E-state index >= 15 is 0 Å². The average molecular weight is 193 g/mol. The van der Waals surface area contributed by atoms with Crippen molar-refractivity contribution >= 4 is 0 Å². The van der Waals surface area contributed by atoms with E-state index in [2.05, 4.69) is 5.34 Å². The van der Waals surface area contributed by atoms with Crippen LogP contribution < -0.4 is 0 Å².